The number of nitrogens with zero attached hydrogens (tertiary/aromatic N) is 3. The summed E-state index contributed by atoms with van der Waals surface area (Å²) in [6.07, 6.45) is 4.04. The van der Waals surface area contributed by atoms with Gasteiger partial charge >= 0.3 is 0 Å². The molecule has 5 atom stereocenters. The zero-order valence-corrected chi connectivity index (χ0v) is 17.7. The maximum atomic E-state index is 12.2. The number of aromatic nitrogens is 3. The molecule has 10 heteroatoms. The number of pyridine rings is 1. The Morgan fingerprint density at radius 3 is 2.94 bits per heavy atom. The maximum absolute atomic E-state index is 12.2. The molecular weight excluding hydrogens is 402 g/mol. The van der Waals surface area contributed by atoms with Gasteiger partial charge in [-0.15, -0.1) is 0 Å². The van der Waals surface area contributed by atoms with Gasteiger partial charge in [0.25, 0.3) is 0 Å². The SMILES string of the molecule is COc1ncccc1CNC[C@H]1O[C@@H]2C[C@@H](CC(=O)NCc3nccn3C)O[C@@H]2[C@@H]1O. The molecule has 2 aliphatic rings. The van der Waals surface area contributed by atoms with Crippen LogP contribution < -0.4 is 15.4 Å². The molecule has 2 fully saturated rings. The summed E-state index contributed by atoms with van der Waals surface area (Å²) in [5.74, 6) is 1.26. The van der Waals surface area contributed by atoms with E-state index >= 15 is 0 Å². The quantitative estimate of drug-likeness (QED) is 0.504. The fourth-order valence-corrected chi connectivity index (χ4v) is 4.12. The van der Waals surface area contributed by atoms with E-state index in [-0.39, 0.29) is 30.6 Å². The van der Waals surface area contributed by atoms with Crippen LogP contribution in [0.25, 0.3) is 0 Å². The average molecular weight is 431 g/mol. The van der Waals surface area contributed by atoms with Crippen LogP contribution in [0.5, 0.6) is 5.88 Å². The first-order valence-corrected chi connectivity index (χ1v) is 10.5. The highest BCUT2D eigenvalue weighted by atomic mass is 16.6. The molecule has 0 saturated carbocycles. The highest BCUT2D eigenvalue weighted by Crippen LogP contribution is 2.35. The lowest BCUT2D eigenvalue weighted by Gasteiger charge is -2.20. The normalized spacial score (nSPS) is 27.3. The molecule has 2 aromatic rings. The molecule has 0 bridgehead atoms. The van der Waals surface area contributed by atoms with Crippen molar-refractivity contribution in [1.82, 2.24) is 25.2 Å². The summed E-state index contributed by atoms with van der Waals surface area (Å²) in [6.45, 7) is 1.40. The zero-order valence-electron chi connectivity index (χ0n) is 17.7. The summed E-state index contributed by atoms with van der Waals surface area (Å²) in [6, 6.07) is 3.79. The molecule has 168 valence electrons. The Bertz CT molecular complexity index is 891. The van der Waals surface area contributed by atoms with Gasteiger partial charge in [-0.25, -0.2) is 9.97 Å². The molecular formula is C21H29N5O5. The van der Waals surface area contributed by atoms with Gasteiger partial charge in [-0.05, 0) is 6.07 Å². The van der Waals surface area contributed by atoms with E-state index in [0.717, 1.165) is 11.4 Å². The number of ether oxygens (including phenoxy) is 3. The van der Waals surface area contributed by atoms with Crippen LogP contribution in [0.1, 0.15) is 24.2 Å². The molecule has 2 aliphatic heterocycles. The number of methoxy groups -OCH3 is 1. The van der Waals surface area contributed by atoms with Gasteiger partial charge in [0.05, 0.1) is 38.4 Å². The van der Waals surface area contributed by atoms with Crippen LogP contribution >= 0.6 is 0 Å². The lowest BCUT2D eigenvalue weighted by molar-refractivity contribution is -0.125. The van der Waals surface area contributed by atoms with E-state index in [4.69, 9.17) is 14.2 Å². The number of rotatable bonds is 9. The first-order valence-electron chi connectivity index (χ1n) is 10.5. The number of imidazole rings is 1. The van der Waals surface area contributed by atoms with E-state index in [1.165, 1.54) is 0 Å². The Hall–Kier alpha value is -2.53. The van der Waals surface area contributed by atoms with Crippen molar-refractivity contribution < 1.29 is 24.1 Å². The van der Waals surface area contributed by atoms with E-state index in [0.29, 0.717) is 31.9 Å². The van der Waals surface area contributed by atoms with Crippen LogP contribution in [0.3, 0.4) is 0 Å². The molecule has 0 unspecified atom stereocenters. The third-order valence-corrected chi connectivity index (χ3v) is 5.76. The average Bonchev–Trinajstić information content (AvgIpc) is 3.43. The minimum absolute atomic E-state index is 0.105. The van der Waals surface area contributed by atoms with Crippen LogP contribution in [-0.2, 0) is 34.4 Å². The van der Waals surface area contributed by atoms with Gasteiger partial charge in [-0.3, -0.25) is 4.79 Å². The van der Waals surface area contributed by atoms with Crippen molar-refractivity contribution >= 4 is 5.91 Å². The Morgan fingerprint density at radius 2 is 2.19 bits per heavy atom. The second-order valence-electron chi connectivity index (χ2n) is 7.90. The van der Waals surface area contributed by atoms with Gasteiger partial charge in [0, 0.05) is 50.7 Å². The standard InChI is InChI=1S/C21H29N5O5/c1-26-7-6-23-17(26)12-25-18(27)9-14-8-15-20(30-14)19(28)16(31-15)11-22-10-13-4-3-5-24-21(13)29-2/h3-7,14-16,19-20,22,28H,8-12H2,1-2H3,(H,25,27)/t14-,15+,16+,19+,20-/m0/s1. The van der Waals surface area contributed by atoms with Gasteiger partial charge < -0.3 is 34.5 Å². The van der Waals surface area contributed by atoms with Crippen molar-refractivity contribution in [2.45, 2.75) is 56.5 Å². The predicted molar refractivity (Wildman–Crippen MR) is 110 cm³/mol. The molecule has 0 aliphatic carbocycles. The van der Waals surface area contributed by atoms with Crippen LogP contribution in [0.2, 0.25) is 0 Å². The fraction of sp³-hybridized carbons (Fsp3) is 0.571. The van der Waals surface area contributed by atoms with Crippen molar-refractivity contribution in [1.29, 1.82) is 0 Å². The van der Waals surface area contributed by atoms with Crippen molar-refractivity contribution in [3.63, 3.8) is 0 Å². The Kier molecular flexibility index (Phi) is 6.81. The molecule has 1 amide bonds. The van der Waals surface area contributed by atoms with Crippen LogP contribution in [0.15, 0.2) is 30.7 Å². The molecule has 31 heavy (non-hydrogen) atoms. The second-order valence-corrected chi connectivity index (χ2v) is 7.90. The lowest BCUT2D eigenvalue weighted by Crippen LogP contribution is -2.39. The Labute approximate surface area is 180 Å². The molecule has 10 nitrogen and oxygen atoms in total. The smallest absolute Gasteiger partial charge is 0.222 e. The molecule has 0 aromatic carbocycles. The second kappa shape index (κ2) is 9.73. The summed E-state index contributed by atoms with van der Waals surface area (Å²) >= 11 is 0. The van der Waals surface area contributed by atoms with E-state index < -0.39 is 12.2 Å². The minimum Gasteiger partial charge on any atom is -0.481 e. The molecule has 4 rings (SSSR count). The number of aryl methyl sites for hydroxylation is 1. The first kappa shape index (κ1) is 21.7. The van der Waals surface area contributed by atoms with Crippen LogP contribution in [-0.4, -0.2) is 69.7 Å². The largest absolute Gasteiger partial charge is 0.481 e. The van der Waals surface area contributed by atoms with E-state index in [1.54, 1.807) is 19.5 Å². The number of nitrogens with one attached hydrogen (secondary N) is 2. The highest BCUT2D eigenvalue weighted by Gasteiger charge is 2.50. The molecule has 0 radical (unpaired) electrons. The molecule has 2 aromatic heterocycles. The van der Waals surface area contributed by atoms with E-state index in [2.05, 4.69) is 20.6 Å². The summed E-state index contributed by atoms with van der Waals surface area (Å²) in [5, 5.41) is 16.8. The Morgan fingerprint density at radius 1 is 1.32 bits per heavy atom. The monoisotopic (exact) mass is 431 g/mol. The van der Waals surface area contributed by atoms with Gasteiger partial charge in [0.15, 0.2) is 0 Å². The third kappa shape index (κ3) is 5.04. The predicted octanol–water partition coefficient (Wildman–Crippen LogP) is -0.0944. The number of hydrogen-bond acceptors (Lipinski definition) is 8. The molecule has 3 N–H and O–H groups in total. The van der Waals surface area contributed by atoms with Crippen LogP contribution in [0, 0.1) is 0 Å². The van der Waals surface area contributed by atoms with E-state index in [9.17, 15) is 9.90 Å². The van der Waals surface area contributed by atoms with E-state index in [1.807, 2.05) is 29.9 Å². The molecule has 2 saturated heterocycles. The highest BCUT2D eigenvalue weighted by molar-refractivity contribution is 5.76. The minimum atomic E-state index is -0.742. The number of aliphatic hydroxyl groups excluding tert-OH is 1. The van der Waals surface area contributed by atoms with Crippen molar-refractivity contribution in [3.8, 4) is 5.88 Å². The van der Waals surface area contributed by atoms with Crippen molar-refractivity contribution in [2.75, 3.05) is 13.7 Å². The van der Waals surface area contributed by atoms with Crippen molar-refractivity contribution in [3.05, 3.63) is 42.1 Å². The lowest BCUT2D eigenvalue weighted by atomic mass is 10.1. The summed E-state index contributed by atoms with van der Waals surface area (Å²) in [7, 11) is 3.47. The fourth-order valence-electron chi connectivity index (χ4n) is 4.12. The first-order chi connectivity index (χ1) is 15.0. The summed E-state index contributed by atoms with van der Waals surface area (Å²) < 4.78 is 19.1. The number of amides is 1. The number of carbonyl (C=O) groups excluding carboxylic acids is 1. The molecule has 0 spiro atoms. The number of fused-ring (bicyclic) bond motifs is 1. The summed E-state index contributed by atoms with van der Waals surface area (Å²) in [5.41, 5.74) is 0.936. The summed E-state index contributed by atoms with van der Waals surface area (Å²) in [4.78, 5) is 20.6. The zero-order chi connectivity index (χ0) is 21.8. The Balaban J connectivity index is 1.19. The topological polar surface area (TPSA) is 120 Å². The van der Waals surface area contributed by atoms with Gasteiger partial charge in [0.2, 0.25) is 11.8 Å². The number of hydrogen-bond donors (Lipinski definition) is 3. The van der Waals surface area contributed by atoms with Gasteiger partial charge in [-0.1, -0.05) is 6.07 Å². The molecule has 4 heterocycles. The number of aliphatic hydroxyl groups is 1. The number of carbonyl (C=O) groups is 1. The third-order valence-electron chi connectivity index (χ3n) is 5.76. The van der Waals surface area contributed by atoms with Crippen LogP contribution in [0.4, 0.5) is 0 Å². The van der Waals surface area contributed by atoms with Crippen molar-refractivity contribution in [2.24, 2.45) is 7.05 Å². The van der Waals surface area contributed by atoms with Gasteiger partial charge in [-0.2, -0.15) is 0 Å². The maximum Gasteiger partial charge on any atom is 0.222 e. The van der Waals surface area contributed by atoms with Gasteiger partial charge in [0.1, 0.15) is 18.0 Å².